The molecule has 0 bridgehead atoms. The van der Waals surface area contributed by atoms with Gasteiger partial charge in [-0.1, -0.05) is 0 Å². The van der Waals surface area contributed by atoms with Gasteiger partial charge in [-0.15, -0.1) is 0 Å². The number of nitrogens with one attached hydrogen (secondary N) is 2. The van der Waals surface area contributed by atoms with Gasteiger partial charge in [-0.2, -0.15) is 5.10 Å². The lowest BCUT2D eigenvalue weighted by Crippen LogP contribution is -2.32. The van der Waals surface area contributed by atoms with Gasteiger partial charge in [-0.25, -0.2) is 9.97 Å². The fraction of sp³-hybridized carbons (Fsp3) is 0.500. The Hall–Kier alpha value is -2.97. The molecule has 0 radical (unpaired) electrons. The number of likely N-dealkylation sites (tertiary alicyclic amines) is 1. The van der Waals surface area contributed by atoms with Crippen molar-refractivity contribution in [3.05, 3.63) is 35.4 Å². The Bertz CT molecular complexity index is 817. The average Bonchev–Trinajstić information content (AvgIpc) is 3.32. The quantitative estimate of drug-likeness (QED) is 0.813. The van der Waals surface area contributed by atoms with Crippen LogP contribution in [0.1, 0.15) is 52.7 Å². The summed E-state index contributed by atoms with van der Waals surface area (Å²) >= 11 is 0. The Labute approximate surface area is 158 Å². The van der Waals surface area contributed by atoms with Crippen LogP contribution in [0.5, 0.6) is 0 Å². The molecule has 1 unspecified atom stereocenters. The number of carbonyl (C=O) groups excluding carboxylic acids is 2. The number of aromatic nitrogens is 4. The second kappa shape index (κ2) is 7.73. The molecule has 144 valence electrons. The average molecular weight is 371 g/mol. The van der Waals surface area contributed by atoms with E-state index in [2.05, 4.69) is 25.5 Å². The minimum atomic E-state index is -0.191. The molecule has 1 aliphatic heterocycles. The maximum absolute atomic E-state index is 12.6. The fourth-order valence-electron chi connectivity index (χ4n) is 3.14. The topological polar surface area (TPSA) is 107 Å². The molecule has 0 saturated carbocycles. The summed E-state index contributed by atoms with van der Waals surface area (Å²) in [6, 6.07) is 1.67. The van der Waals surface area contributed by atoms with E-state index in [4.69, 9.17) is 0 Å². The highest BCUT2D eigenvalue weighted by Gasteiger charge is 2.32. The van der Waals surface area contributed by atoms with Crippen molar-refractivity contribution >= 4 is 17.8 Å². The number of aromatic amines is 1. The molecule has 27 heavy (non-hydrogen) atoms. The smallest absolute Gasteiger partial charge is 0.271 e. The van der Waals surface area contributed by atoms with Crippen molar-refractivity contribution in [2.24, 2.45) is 0 Å². The van der Waals surface area contributed by atoms with Crippen LogP contribution in [0, 0.1) is 0 Å². The number of nitrogens with zero attached hydrogens (tertiary/aromatic N) is 5. The first-order valence-electron chi connectivity index (χ1n) is 9.00. The monoisotopic (exact) mass is 371 g/mol. The minimum Gasteiger partial charge on any atom is -0.350 e. The maximum Gasteiger partial charge on any atom is 0.271 e. The summed E-state index contributed by atoms with van der Waals surface area (Å²) < 4.78 is 0. The number of hydrogen-bond acceptors (Lipinski definition) is 6. The molecule has 3 heterocycles. The van der Waals surface area contributed by atoms with Gasteiger partial charge in [-0.05, 0) is 26.3 Å². The van der Waals surface area contributed by atoms with Crippen LogP contribution < -0.4 is 10.2 Å². The van der Waals surface area contributed by atoms with Crippen molar-refractivity contribution in [2.75, 3.05) is 32.1 Å². The highest BCUT2D eigenvalue weighted by Crippen LogP contribution is 2.30. The van der Waals surface area contributed by atoms with Crippen LogP contribution in [0.3, 0.4) is 0 Å². The molecule has 1 aliphatic rings. The first kappa shape index (κ1) is 18.8. The highest BCUT2D eigenvalue weighted by atomic mass is 16.2. The predicted molar refractivity (Wildman–Crippen MR) is 101 cm³/mol. The zero-order valence-corrected chi connectivity index (χ0v) is 16.1. The number of rotatable bonds is 5. The van der Waals surface area contributed by atoms with E-state index < -0.39 is 0 Å². The molecule has 9 nitrogen and oxygen atoms in total. The first-order valence-corrected chi connectivity index (χ1v) is 9.00. The van der Waals surface area contributed by atoms with Crippen molar-refractivity contribution in [2.45, 2.75) is 32.2 Å². The summed E-state index contributed by atoms with van der Waals surface area (Å²) in [5.41, 5.74) is 1.62. The molecule has 2 N–H and O–H groups in total. The maximum atomic E-state index is 12.6. The lowest BCUT2D eigenvalue weighted by molar-refractivity contribution is 0.0784. The lowest BCUT2D eigenvalue weighted by atomic mass is 9.99. The van der Waals surface area contributed by atoms with Gasteiger partial charge in [-0.3, -0.25) is 14.7 Å². The normalized spacial score (nSPS) is 16.6. The van der Waals surface area contributed by atoms with Gasteiger partial charge in [0.25, 0.3) is 11.8 Å². The van der Waals surface area contributed by atoms with E-state index in [9.17, 15) is 9.59 Å². The van der Waals surface area contributed by atoms with Crippen LogP contribution in [0.2, 0.25) is 0 Å². The number of hydrogen-bond donors (Lipinski definition) is 2. The van der Waals surface area contributed by atoms with Gasteiger partial charge in [0, 0.05) is 51.5 Å². The second-order valence-corrected chi connectivity index (χ2v) is 7.20. The van der Waals surface area contributed by atoms with Gasteiger partial charge in [0.1, 0.15) is 5.69 Å². The lowest BCUT2D eigenvalue weighted by Gasteiger charge is -2.19. The van der Waals surface area contributed by atoms with E-state index in [0.29, 0.717) is 36.0 Å². The van der Waals surface area contributed by atoms with Crippen molar-refractivity contribution < 1.29 is 9.59 Å². The van der Waals surface area contributed by atoms with Crippen LogP contribution in [0.15, 0.2) is 18.5 Å². The molecule has 3 rings (SSSR count). The van der Waals surface area contributed by atoms with Gasteiger partial charge in [0.2, 0.25) is 5.95 Å². The molecule has 0 aromatic carbocycles. The zero-order chi connectivity index (χ0) is 19.6. The third-order valence-electron chi connectivity index (χ3n) is 4.46. The summed E-state index contributed by atoms with van der Waals surface area (Å²) in [4.78, 5) is 37.7. The van der Waals surface area contributed by atoms with Gasteiger partial charge >= 0.3 is 0 Å². The molecule has 2 aromatic heterocycles. The van der Waals surface area contributed by atoms with Crippen molar-refractivity contribution in [3.8, 4) is 0 Å². The number of amides is 2. The van der Waals surface area contributed by atoms with E-state index in [1.807, 2.05) is 27.9 Å². The van der Waals surface area contributed by atoms with Crippen LogP contribution in [0.25, 0.3) is 0 Å². The fourth-order valence-corrected chi connectivity index (χ4v) is 3.14. The van der Waals surface area contributed by atoms with Crippen molar-refractivity contribution in [1.29, 1.82) is 0 Å². The molecular formula is C18H25N7O2. The van der Waals surface area contributed by atoms with E-state index in [1.165, 1.54) is 0 Å². The molecule has 1 atom stereocenters. The third-order valence-corrected chi connectivity index (χ3v) is 4.46. The van der Waals surface area contributed by atoms with Crippen LogP contribution in [-0.4, -0.2) is 70.1 Å². The SMILES string of the molecule is CC(C)NC(=O)c1cnc(N(C)C)nc1C1CCN(C(=O)c2ccn[nH]2)C1. The van der Waals surface area contributed by atoms with E-state index in [-0.39, 0.29) is 23.8 Å². The Morgan fingerprint density at radius 2 is 2.15 bits per heavy atom. The van der Waals surface area contributed by atoms with Gasteiger partial charge in [0.15, 0.2) is 0 Å². The molecule has 2 amide bonds. The largest absolute Gasteiger partial charge is 0.350 e. The summed E-state index contributed by atoms with van der Waals surface area (Å²) in [5, 5.41) is 9.44. The summed E-state index contributed by atoms with van der Waals surface area (Å²) in [5.74, 6) is 0.240. The molecule has 2 aromatic rings. The Balaban J connectivity index is 1.87. The highest BCUT2D eigenvalue weighted by molar-refractivity contribution is 5.95. The summed E-state index contributed by atoms with van der Waals surface area (Å²) in [6.45, 7) is 4.93. The minimum absolute atomic E-state index is 0.0147. The Kier molecular flexibility index (Phi) is 5.38. The zero-order valence-electron chi connectivity index (χ0n) is 16.1. The Morgan fingerprint density at radius 1 is 1.37 bits per heavy atom. The van der Waals surface area contributed by atoms with E-state index in [1.54, 1.807) is 28.3 Å². The summed E-state index contributed by atoms with van der Waals surface area (Å²) in [6.07, 6.45) is 3.88. The number of carbonyl (C=O) groups is 2. The molecule has 0 spiro atoms. The molecule has 1 fully saturated rings. The Morgan fingerprint density at radius 3 is 2.78 bits per heavy atom. The second-order valence-electron chi connectivity index (χ2n) is 7.20. The van der Waals surface area contributed by atoms with Gasteiger partial charge in [0.05, 0.1) is 11.3 Å². The molecule has 1 saturated heterocycles. The van der Waals surface area contributed by atoms with Crippen molar-refractivity contribution in [3.63, 3.8) is 0 Å². The van der Waals surface area contributed by atoms with Crippen LogP contribution in [0.4, 0.5) is 5.95 Å². The number of anilines is 1. The van der Waals surface area contributed by atoms with Gasteiger partial charge < -0.3 is 15.1 Å². The first-order chi connectivity index (χ1) is 12.9. The number of H-pyrrole nitrogens is 1. The molecular weight excluding hydrogens is 346 g/mol. The van der Waals surface area contributed by atoms with Crippen LogP contribution in [-0.2, 0) is 0 Å². The molecule has 0 aliphatic carbocycles. The summed E-state index contributed by atoms with van der Waals surface area (Å²) in [7, 11) is 3.71. The molecule has 9 heteroatoms. The predicted octanol–water partition coefficient (Wildman–Crippen LogP) is 1.03. The standard InChI is InChI=1S/C18H25N7O2/c1-11(2)21-16(26)13-9-19-18(24(3)4)22-15(13)12-6-8-25(10-12)17(27)14-5-7-20-23-14/h5,7,9,11-12H,6,8,10H2,1-4H3,(H,20,23)(H,21,26). The van der Waals surface area contributed by atoms with E-state index >= 15 is 0 Å². The van der Waals surface area contributed by atoms with Crippen molar-refractivity contribution in [1.82, 2.24) is 30.4 Å². The van der Waals surface area contributed by atoms with Crippen LogP contribution >= 0.6 is 0 Å². The van der Waals surface area contributed by atoms with E-state index in [0.717, 1.165) is 6.42 Å². The third kappa shape index (κ3) is 4.07.